The van der Waals surface area contributed by atoms with Gasteiger partial charge in [0.1, 0.15) is 23.0 Å². The van der Waals surface area contributed by atoms with Gasteiger partial charge >= 0.3 is 0 Å². The van der Waals surface area contributed by atoms with Crippen molar-refractivity contribution < 1.29 is 27.1 Å². The van der Waals surface area contributed by atoms with Crippen LogP contribution >= 0.6 is 0 Å². The highest BCUT2D eigenvalue weighted by Gasteiger charge is 2.26. The lowest BCUT2D eigenvalue weighted by Crippen LogP contribution is -2.18. The Bertz CT molecular complexity index is 1580. The topological polar surface area (TPSA) is 132 Å². The molecule has 4 rings (SSSR count). The van der Waals surface area contributed by atoms with Crippen molar-refractivity contribution in [2.75, 3.05) is 18.6 Å². The van der Waals surface area contributed by atoms with Gasteiger partial charge in [-0.25, -0.2) is 17.8 Å². The van der Waals surface area contributed by atoms with Gasteiger partial charge in [0.15, 0.2) is 5.69 Å². The number of nitrogens with one attached hydrogen (secondary N) is 2. The van der Waals surface area contributed by atoms with Crippen LogP contribution in [0.5, 0.6) is 11.5 Å². The number of aromatic nitrogens is 3. The van der Waals surface area contributed by atoms with E-state index in [2.05, 4.69) is 20.6 Å². The van der Waals surface area contributed by atoms with Crippen molar-refractivity contribution >= 4 is 27.3 Å². The number of anilines is 1. The predicted molar refractivity (Wildman–Crippen MR) is 134 cm³/mol. The number of sulfone groups is 1. The van der Waals surface area contributed by atoms with Crippen LogP contribution in [-0.2, 0) is 16.9 Å². The monoisotopic (exact) mass is 523 g/mol. The van der Waals surface area contributed by atoms with Crippen molar-refractivity contribution in [3.63, 3.8) is 0 Å². The van der Waals surface area contributed by atoms with Gasteiger partial charge in [-0.15, -0.1) is 0 Å². The highest BCUT2D eigenvalue weighted by Crippen LogP contribution is 2.28. The standard InChI is InChI=1S/C25H22FN5O5S/c1-27-23(32)20-14-19(12-13-28-20)36-18-10-8-17(9-11-18)29-24(33)21-22(15-4-6-16(26)7-5-15)31(2)25(30-21)37(3,34)35/h4-14H,1-3H3,(H,27,32)(H,29,33). The molecular formula is C25H22FN5O5S. The van der Waals surface area contributed by atoms with Crippen molar-refractivity contribution in [2.24, 2.45) is 7.05 Å². The van der Waals surface area contributed by atoms with Crippen LogP contribution in [0.25, 0.3) is 11.3 Å². The molecule has 0 saturated heterocycles. The average molecular weight is 524 g/mol. The molecule has 0 spiro atoms. The van der Waals surface area contributed by atoms with Gasteiger partial charge in [-0.1, -0.05) is 0 Å². The summed E-state index contributed by atoms with van der Waals surface area (Å²) in [6.45, 7) is 0. The maximum Gasteiger partial charge on any atom is 0.276 e. The molecule has 10 nitrogen and oxygen atoms in total. The lowest BCUT2D eigenvalue weighted by atomic mass is 10.1. The number of nitrogens with zero attached hydrogens (tertiary/aromatic N) is 3. The molecule has 0 radical (unpaired) electrons. The molecule has 0 saturated carbocycles. The Morgan fingerprint density at radius 2 is 1.65 bits per heavy atom. The highest BCUT2D eigenvalue weighted by atomic mass is 32.2. The van der Waals surface area contributed by atoms with Gasteiger partial charge < -0.3 is 19.9 Å². The van der Waals surface area contributed by atoms with E-state index >= 15 is 0 Å². The first kappa shape index (κ1) is 25.5. The molecule has 37 heavy (non-hydrogen) atoms. The Kier molecular flexibility index (Phi) is 7.02. The van der Waals surface area contributed by atoms with Crippen LogP contribution in [0.4, 0.5) is 10.1 Å². The maximum atomic E-state index is 13.5. The largest absolute Gasteiger partial charge is 0.457 e. The Hall–Kier alpha value is -4.58. The number of rotatable bonds is 7. The van der Waals surface area contributed by atoms with Crippen LogP contribution in [0.15, 0.2) is 72.0 Å². The number of ether oxygens (including phenoxy) is 1. The number of hydrogen-bond donors (Lipinski definition) is 2. The number of imidazole rings is 1. The number of carbonyl (C=O) groups excluding carboxylic acids is 2. The van der Waals surface area contributed by atoms with E-state index in [4.69, 9.17) is 4.74 Å². The Morgan fingerprint density at radius 1 is 0.973 bits per heavy atom. The summed E-state index contributed by atoms with van der Waals surface area (Å²) in [5, 5.41) is 4.88. The third kappa shape index (κ3) is 5.64. The van der Waals surface area contributed by atoms with E-state index in [1.165, 1.54) is 55.2 Å². The third-order valence-electron chi connectivity index (χ3n) is 5.26. The van der Waals surface area contributed by atoms with Gasteiger partial charge in [0.2, 0.25) is 15.0 Å². The molecule has 0 atom stereocenters. The highest BCUT2D eigenvalue weighted by molar-refractivity contribution is 7.90. The van der Waals surface area contributed by atoms with E-state index < -0.39 is 21.6 Å². The van der Waals surface area contributed by atoms with Gasteiger partial charge in [-0.05, 0) is 54.6 Å². The minimum Gasteiger partial charge on any atom is -0.457 e. The summed E-state index contributed by atoms with van der Waals surface area (Å²) in [6.07, 6.45) is 2.44. The maximum absolute atomic E-state index is 13.5. The van der Waals surface area contributed by atoms with E-state index in [0.29, 0.717) is 22.7 Å². The van der Waals surface area contributed by atoms with Crippen LogP contribution in [0.3, 0.4) is 0 Å². The summed E-state index contributed by atoms with van der Waals surface area (Å²) < 4.78 is 45.0. The molecule has 2 aromatic carbocycles. The number of halogens is 1. The van der Waals surface area contributed by atoms with Crippen LogP contribution in [-0.4, -0.2) is 48.1 Å². The Morgan fingerprint density at radius 3 is 2.27 bits per heavy atom. The SMILES string of the molecule is CNC(=O)c1cc(Oc2ccc(NC(=O)c3nc(S(C)(=O)=O)n(C)c3-c3ccc(F)cc3)cc2)ccn1. The number of benzene rings is 2. The Balaban J connectivity index is 1.58. The Labute approximate surface area is 212 Å². The van der Waals surface area contributed by atoms with Gasteiger partial charge in [0.05, 0.1) is 5.69 Å². The zero-order chi connectivity index (χ0) is 26.7. The van der Waals surface area contributed by atoms with Crippen LogP contribution in [0, 0.1) is 5.82 Å². The quantitative estimate of drug-likeness (QED) is 0.379. The van der Waals surface area contributed by atoms with E-state index in [1.54, 1.807) is 30.3 Å². The first-order chi connectivity index (χ1) is 17.6. The molecule has 12 heteroatoms. The first-order valence-corrected chi connectivity index (χ1v) is 12.8. The zero-order valence-corrected chi connectivity index (χ0v) is 20.8. The minimum absolute atomic E-state index is 0.131. The molecule has 0 aliphatic rings. The van der Waals surface area contributed by atoms with Crippen molar-refractivity contribution in [1.82, 2.24) is 19.9 Å². The summed E-state index contributed by atoms with van der Waals surface area (Å²) >= 11 is 0. The fraction of sp³-hybridized carbons (Fsp3) is 0.120. The summed E-state index contributed by atoms with van der Waals surface area (Å²) in [7, 11) is -0.780. The van der Waals surface area contributed by atoms with Crippen LogP contribution in [0.1, 0.15) is 21.0 Å². The molecule has 2 aromatic heterocycles. The summed E-state index contributed by atoms with van der Waals surface area (Å²) in [6, 6.07) is 14.8. The lowest BCUT2D eigenvalue weighted by molar-refractivity contribution is 0.0957. The second-order valence-corrected chi connectivity index (χ2v) is 9.88. The molecular weight excluding hydrogens is 501 g/mol. The predicted octanol–water partition coefficient (Wildman–Crippen LogP) is 3.43. The number of carbonyl (C=O) groups is 2. The molecule has 0 bridgehead atoms. The smallest absolute Gasteiger partial charge is 0.276 e. The van der Waals surface area contributed by atoms with E-state index in [-0.39, 0.29) is 28.1 Å². The fourth-order valence-corrected chi connectivity index (χ4v) is 4.41. The van der Waals surface area contributed by atoms with Gasteiger partial charge in [-0.3, -0.25) is 14.6 Å². The number of amides is 2. The van der Waals surface area contributed by atoms with Gasteiger partial charge in [0, 0.05) is 43.9 Å². The molecule has 190 valence electrons. The summed E-state index contributed by atoms with van der Waals surface area (Å²) in [5.74, 6) is -0.633. The molecule has 4 aromatic rings. The van der Waals surface area contributed by atoms with E-state index in [1.807, 2.05) is 0 Å². The third-order valence-corrected chi connectivity index (χ3v) is 6.29. The molecule has 0 aliphatic carbocycles. The molecule has 2 amide bonds. The number of hydrogen-bond acceptors (Lipinski definition) is 7. The second kappa shape index (κ2) is 10.2. The zero-order valence-electron chi connectivity index (χ0n) is 20.0. The molecule has 0 unspecified atom stereocenters. The second-order valence-electron chi connectivity index (χ2n) is 7.97. The fourth-order valence-electron chi connectivity index (χ4n) is 3.57. The van der Waals surface area contributed by atoms with E-state index in [9.17, 15) is 22.4 Å². The molecule has 0 fully saturated rings. The minimum atomic E-state index is -3.75. The lowest BCUT2D eigenvalue weighted by Gasteiger charge is -2.10. The van der Waals surface area contributed by atoms with Crippen molar-refractivity contribution in [3.05, 3.63) is 84.1 Å². The number of pyridine rings is 1. The van der Waals surface area contributed by atoms with Gasteiger partial charge in [0.25, 0.3) is 11.8 Å². The first-order valence-electron chi connectivity index (χ1n) is 10.9. The van der Waals surface area contributed by atoms with Crippen LogP contribution in [0.2, 0.25) is 0 Å². The summed E-state index contributed by atoms with van der Waals surface area (Å²) in [4.78, 5) is 33.0. The molecule has 2 N–H and O–H groups in total. The summed E-state index contributed by atoms with van der Waals surface area (Å²) in [5.41, 5.74) is 1.11. The normalized spacial score (nSPS) is 11.1. The van der Waals surface area contributed by atoms with Crippen molar-refractivity contribution in [2.45, 2.75) is 5.16 Å². The average Bonchev–Trinajstić information content (AvgIpc) is 3.23. The molecule has 0 aliphatic heterocycles. The molecule has 2 heterocycles. The van der Waals surface area contributed by atoms with Crippen molar-refractivity contribution in [1.29, 1.82) is 0 Å². The van der Waals surface area contributed by atoms with E-state index in [0.717, 1.165) is 6.26 Å². The van der Waals surface area contributed by atoms with Crippen LogP contribution < -0.4 is 15.4 Å². The van der Waals surface area contributed by atoms with Crippen molar-refractivity contribution in [3.8, 4) is 22.8 Å². The van der Waals surface area contributed by atoms with Gasteiger partial charge in [-0.2, -0.15) is 0 Å².